The quantitative estimate of drug-likeness (QED) is 0.819. The zero-order chi connectivity index (χ0) is 14.5. The Bertz CT molecular complexity index is 530. The number of halogens is 1. The molecule has 1 amide bonds. The van der Waals surface area contributed by atoms with Crippen molar-refractivity contribution in [2.24, 2.45) is 17.3 Å². The Labute approximate surface area is 138 Å². The lowest BCUT2D eigenvalue weighted by Crippen LogP contribution is -2.54. The molecule has 3 nitrogen and oxygen atoms in total. The molecule has 2 unspecified atom stereocenters. The van der Waals surface area contributed by atoms with Crippen molar-refractivity contribution >= 4 is 33.2 Å². The predicted molar refractivity (Wildman–Crippen MR) is 87.4 cm³/mol. The van der Waals surface area contributed by atoms with Crippen LogP contribution in [0.3, 0.4) is 0 Å². The summed E-state index contributed by atoms with van der Waals surface area (Å²) in [7, 11) is 0. The largest absolute Gasteiger partial charge is 0.350 e. The molecule has 114 valence electrons. The maximum atomic E-state index is 12.4. The van der Waals surface area contributed by atoms with Crippen molar-refractivity contribution in [2.45, 2.75) is 55.8 Å². The highest BCUT2D eigenvalue weighted by Gasteiger charge is 2.57. The average Bonchev–Trinajstić information content (AvgIpc) is 2.85. The van der Waals surface area contributed by atoms with E-state index in [-0.39, 0.29) is 11.3 Å². The number of carbonyl (C=O) groups is 1. The van der Waals surface area contributed by atoms with Gasteiger partial charge < -0.3 is 5.32 Å². The lowest BCUT2D eigenvalue weighted by molar-refractivity contribution is -0.128. The fourth-order valence-corrected chi connectivity index (χ4v) is 7.53. The van der Waals surface area contributed by atoms with Gasteiger partial charge >= 0.3 is 0 Å². The number of aromatic nitrogens is 1. The molecule has 1 heterocycles. The maximum Gasteiger partial charge on any atom is 0.220 e. The zero-order valence-corrected chi connectivity index (χ0v) is 14.5. The standard InChI is InChI=1S/C16H21BrN2OS/c17-16-6-11-3-12(7-16)5-15(4-11,10-16)8-13(20)19-9-14-18-1-2-21-14/h1-2,11-12H,3-10H2,(H,19,20). The van der Waals surface area contributed by atoms with E-state index in [0.717, 1.165) is 16.8 Å². The number of alkyl halides is 1. The highest BCUT2D eigenvalue weighted by Crippen LogP contribution is 2.65. The van der Waals surface area contributed by atoms with E-state index in [1.165, 1.54) is 38.5 Å². The molecule has 1 aromatic heterocycles. The van der Waals surface area contributed by atoms with Crippen molar-refractivity contribution in [3.8, 4) is 0 Å². The van der Waals surface area contributed by atoms with Gasteiger partial charge in [0.25, 0.3) is 0 Å². The minimum absolute atomic E-state index is 0.211. The van der Waals surface area contributed by atoms with Gasteiger partial charge in [0, 0.05) is 22.3 Å². The van der Waals surface area contributed by atoms with Crippen molar-refractivity contribution < 1.29 is 4.79 Å². The molecule has 2 atom stereocenters. The van der Waals surface area contributed by atoms with Crippen LogP contribution in [-0.2, 0) is 11.3 Å². The van der Waals surface area contributed by atoms with E-state index in [1.807, 2.05) is 5.38 Å². The van der Waals surface area contributed by atoms with Crippen LogP contribution in [0.25, 0.3) is 0 Å². The molecule has 4 bridgehead atoms. The first-order chi connectivity index (χ1) is 10.0. The Morgan fingerprint density at radius 2 is 2.14 bits per heavy atom. The van der Waals surface area contributed by atoms with E-state index >= 15 is 0 Å². The molecular formula is C16H21BrN2OS. The highest BCUT2D eigenvalue weighted by molar-refractivity contribution is 9.10. The van der Waals surface area contributed by atoms with E-state index in [1.54, 1.807) is 17.5 Å². The molecule has 0 radical (unpaired) electrons. The number of thiazole rings is 1. The molecule has 0 spiro atoms. The molecule has 4 fully saturated rings. The lowest BCUT2D eigenvalue weighted by Gasteiger charge is -2.60. The van der Waals surface area contributed by atoms with Crippen molar-refractivity contribution in [1.29, 1.82) is 0 Å². The van der Waals surface area contributed by atoms with Crippen LogP contribution in [0.15, 0.2) is 11.6 Å². The Kier molecular flexibility index (Phi) is 3.41. The van der Waals surface area contributed by atoms with E-state index in [4.69, 9.17) is 0 Å². The van der Waals surface area contributed by atoms with Gasteiger partial charge in [-0.15, -0.1) is 11.3 Å². The lowest BCUT2D eigenvalue weighted by atomic mass is 9.48. The van der Waals surface area contributed by atoms with Crippen LogP contribution in [0, 0.1) is 17.3 Å². The first-order valence-corrected chi connectivity index (χ1v) is 9.56. The average molecular weight is 369 g/mol. The van der Waals surface area contributed by atoms with Gasteiger partial charge in [-0.05, 0) is 55.8 Å². The molecule has 1 aromatic rings. The summed E-state index contributed by atoms with van der Waals surface area (Å²) in [5.41, 5.74) is 0.264. The summed E-state index contributed by atoms with van der Waals surface area (Å²) >= 11 is 5.61. The number of nitrogens with one attached hydrogen (secondary N) is 1. The minimum Gasteiger partial charge on any atom is -0.350 e. The fourth-order valence-electron chi connectivity index (χ4n) is 5.46. The molecule has 4 aliphatic carbocycles. The summed E-state index contributed by atoms with van der Waals surface area (Å²) in [6.07, 6.45) is 10.3. The molecule has 0 aromatic carbocycles. The molecule has 4 aliphatic rings. The first-order valence-electron chi connectivity index (χ1n) is 7.88. The van der Waals surface area contributed by atoms with Crippen molar-refractivity contribution in [2.75, 3.05) is 0 Å². The normalized spacial score (nSPS) is 40.4. The minimum atomic E-state index is 0.211. The van der Waals surface area contributed by atoms with E-state index in [0.29, 0.717) is 17.3 Å². The summed E-state index contributed by atoms with van der Waals surface area (Å²) in [5.74, 6) is 1.90. The third-order valence-electron chi connectivity index (χ3n) is 5.57. The molecule has 0 aliphatic heterocycles. The number of carbonyl (C=O) groups excluding carboxylic acids is 1. The zero-order valence-electron chi connectivity index (χ0n) is 12.1. The SMILES string of the molecule is O=C(CC12CC3CC(CC(Br)(C3)C1)C2)NCc1nccs1. The predicted octanol–water partition coefficient (Wildman–Crippen LogP) is 3.88. The Morgan fingerprint density at radius 3 is 2.76 bits per heavy atom. The smallest absolute Gasteiger partial charge is 0.220 e. The van der Waals surface area contributed by atoms with Crippen molar-refractivity contribution in [3.05, 3.63) is 16.6 Å². The van der Waals surface area contributed by atoms with Crippen molar-refractivity contribution in [1.82, 2.24) is 10.3 Å². The van der Waals surface area contributed by atoms with Gasteiger partial charge in [-0.25, -0.2) is 4.98 Å². The van der Waals surface area contributed by atoms with E-state index in [9.17, 15) is 4.79 Å². The number of rotatable bonds is 4. The summed E-state index contributed by atoms with van der Waals surface area (Å²) in [6, 6.07) is 0. The molecule has 0 saturated heterocycles. The van der Waals surface area contributed by atoms with Crippen LogP contribution in [0.5, 0.6) is 0 Å². The van der Waals surface area contributed by atoms with Crippen LogP contribution in [0.2, 0.25) is 0 Å². The Hall–Kier alpha value is -0.420. The number of hydrogen-bond acceptors (Lipinski definition) is 3. The second-order valence-corrected chi connectivity index (χ2v) is 10.2. The van der Waals surface area contributed by atoms with E-state index < -0.39 is 0 Å². The molecule has 5 rings (SSSR count). The van der Waals surface area contributed by atoms with Crippen LogP contribution in [0.4, 0.5) is 0 Å². The molecular weight excluding hydrogens is 348 g/mol. The summed E-state index contributed by atoms with van der Waals surface area (Å²) in [4.78, 5) is 16.6. The second-order valence-electron chi connectivity index (χ2n) is 7.49. The first kappa shape index (κ1) is 14.2. The van der Waals surface area contributed by atoms with Gasteiger partial charge in [0.2, 0.25) is 5.91 Å². The van der Waals surface area contributed by atoms with Gasteiger partial charge in [-0.3, -0.25) is 4.79 Å². The topological polar surface area (TPSA) is 42.0 Å². The fraction of sp³-hybridized carbons (Fsp3) is 0.750. The molecule has 5 heteroatoms. The summed E-state index contributed by atoms with van der Waals surface area (Å²) < 4.78 is 0.340. The summed E-state index contributed by atoms with van der Waals surface area (Å²) in [6.45, 7) is 0.582. The number of amides is 1. The monoisotopic (exact) mass is 368 g/mol. The second kappa shape index (κ2) is 5.05. The highest BCUT2D eigenvalue weighted by atomic mass is 79.9. The van der Waals surface area contributed by atoms with Gasteiger partial charge in [-0.2, -0.15) is 0 Å². The van der Waals surface area contributed by atoms with Crippen LogP contribution >= 0.6 is 27.3 Å². The Morgan fingerprint density at radius 1 is 1.38 bits per heavy atom. The van der Waals surface area contributed by atoms with Gasteiger partial charge in [0.15, 0.2) is 0 Å². The van der Waals surface area contributed by atoms with Gasteiger partial charge in [0.05, 0.1) is 6.54 Å². The maximum absolute atomic E-state index is 12.4. The third-order valence-corrected chi connectivity index (χ3v) is 7.27. The van der Waals surface area contributed by atoms with Crippen LogP contribution < -0.4 is 5.32 Å². The molecule has 1 N–H and O–H groups in total. The summed E-state index contributed by atoms with van der Waals surface area (Å²) in [5, 5.41) is 6.01. The van der Waals surface area contributed by atoms with E-state index in [2.05, 4.69) is 26.2 Å². The van der Waals surface area contributed by atoms with Gasteiger partial charge in [0.1, 0.15) is 5.01 Å². The van der Waals surface area contributed by atoms with Crippen LogP contribution in [0.1, 0.15) is 50.0 Å². The third kappa shape index (κ3) is 2.79. The number of nitrogens with zero attached hydrogens (tertiary/aromatic N) is 1. The van der Waals surface area contributed by atoms with Crippen molar-refractivity contribution in [3.63, 3.8) is 0 Å². The van der Waals surface area contributed by atoms with Crippen LogP contribution in [-0.4, -0.2) is 15.2 Å². The molecule has 21 heavy (non-hydrogen) atoms. The molecule has 4 saturated carbocycles. The van der Waals surface area contributed by atoms with Gasteiger partial charge in [-0.1, -0.05) is 15.9 Å². The number of hydrogen-bond donors (Lipinski definition) is 1. The Balaban J connectivity index is 1.41.